The molecule has 1 fully saturated rings. The van der Waals surface area contributed by atoms with Gasteiger partial charge in [0.25, 0.3) is 0 Å². The van der Waals surface area contributed by atoms with Gasteiger partial charge in [-0.2, -0.15) is 0 Å². The number of nitrogens with zero attached hydrogens (tertiary/aromatic N) is 2. The zero-order chi connectivity index (χ0) is 30.5. The summed E-state index contributed by atoms with van der Waals surface area (Å²) in [5, 5.41) is 13.3. The SMILES string of the molecule is CN(CC(=O)Nc1ccc(Oc2ccc(-c3ccc4[nH]ccc4c3)cc2)cc1)C1CCN(Cc2ccc(C(=O)O)cc2)CC1. The minimum Gasteiger partial charge on any atom is -0.478 e. The molecule has 5 aromatic rings. The lowest BCUT2D eigenvalue weighted by Gasteiger charge is -2.36. The Hall–Kier alpha value is -4.92. The third-order valence-electron chi connectivity index (χ3n) is 8.30. The minimum atomic E-state index is -0.907. The number of piperidine rings is 1. The number of carboxylic acid groups (broad SMARTS) is 1. The molecule has 1 aliphatic heterocycles. The van der Waals surface area contributed by atoms with E-state index >= 15 is 0 Å². The van der Waals surface area contributed by atoms with Crippen LogP contribution in [0.4, 0.5) is 5.69 Å². The van der Waals surface area contributed by atoms with Gasteiger partial charge in [-0.1, -0.05) is 30.3 Å². The van der Waals surface area contributed by atoms with Gasteiger partial charge < -0.3 is 20.1 Å². The van der Waals surface area contributed by atoms with Crippen LogP contribution in [0.15, 0.2) is 103 Å². The van der Waals surface area contributed by atoms with Crippen molar-refractivity contribution in [1.82, 2.24) is 14.8 Å². The van der Waals surface area contributed by atoms with Gasteiger partial charge in [-0.25, -0.2) is 4.79 Å². The van der Waals surface area contributed by atoms with Gasteiger partial charge in [0.05, 0.1) is 12.1 Å². The number of amides is 1. The second-order valence-electron chi connectivity index (χ2n) is 11.4. The number of aromatic nitrogens is 1. The van der Waals surface area contributed by atoms with Crippen molar-refractivity contribution < 1.29 is 19.4 Å². The summed E-state index contributed by atoms with van der Waals surface area (Å²) in [4.78, 5) is 31.6. The number of aromatic carboxylic acids is 1. The van der Waals surface area contributed by atoms with E-state index in [1.54, 1.807) is 12.1 Å². The summed E-state index contributed by atoms with van der Waals surface area (Å²) in [5.74, 6) is 0.495. The lowest BCUT2D eigenvalue weighted by Crippen LogP contribution is -2.45. The fourth-order valence-electron chi connectivity index (χ4n) is 5.78. The number of hydrogen-bond donors (Lipinski definition) is 3. The molecule has 3 N–H and O–H groups in total. The molecule has 1 aromatic heterocycles. The molecule has 0 atom stereocenters. The van der Waals surface area contributed by atoms with Crippen molar-refractivity contribution >= 4 is 28.5 Å². The largest absolute Gasteiger partial charge is 0.478 e. The standard InChI is InChI=1S/C36H36N4O4/c1-39(31-17-20-40(21-18-31)23-25-2-4-27(5-3-25)36(42)43)24-35(41)38-30-9-13-33(14-10-30)44-32-11-6-26(7-12-32)28-8-15-34-29(22-28)16-19-37-34/h2-16,19,22,31,37H,17-18,20-21,23-24H2,1H3,(H,38,41)(H,42,43). The number of nitrogens with one attached hydrogen (secondary N) is 2. The maximum atomic E-state index is 12.8. The van der Waals surface area contributed by atoms with Crippen molar-refractivity contribution in [1.29, 1.82) is 0 Å². The van der Waals surface area contributed by atoms with Crippen molar-refractivity contribution in [3.63, 3.8) is 0 Å². The first-order chi connectivity index (χ1) is 21.4. The van der Waals surface area contributed by atoms with Crippen LogP contribution in [0.25, 0.3) is 22.0 Å². The van der Waals surface area contributed by atoms with Gasteiger partial charge in [-0.3, -0.25) is 14.6 Å². The van der Waals surface area contributed by atoms with E-state index in [1.165, 1.54) is 5.39 Å². The van der Waals surface area contributed by atoms with E-state index in [1.807, 2.05) is 61.8 Å². The molecule has 44 heavy (non-hydrogen) atoms. The number of rotatable bonds is 10. The Balaban J connectivity index is 0.943. The second-order valence-corrected chi connectivity index (χ2v) is 11.4. The summed E-state index contributed by atoms with van der Waals surface area (Å²) in [5.41, 5.74) is 5.55. The van der Waals surface area contributed by atoms with Crippen molar-refractivity contribution in [2.24, 2.45) is 0 Å². The van der Waals surface area contributed by atoms with Crippen molar-refractivity contribution in [3.8, 4) is 22.6 Å². The van der Waals surface area contributed by atoms with Crippen LogP contribution in [0.2, 0.25) is 0 Å². The van der Waals surface area contributed by atoms with Gasteiger partial charge in [0.2, 0.25) is 5.91 Å². The number of likely N-dealkylation sites (tertiary alicyclic amines) is 1. The van der Waals surface area contributed by atoms with Crippen LogP contribution in [-0.2, 0) is 11.3 Å². The van der Waals surface area contributed by atoms with E-state index < -0.39 is 5.97 Å². The predicted molar refractivity (Wildman–Crippen MR) is 173 cm³/mol. The number of fused-ring (bicyclic) bond motifs is 1. The third-order valence-corrected chi connectivity index (χ3v) is 8.30. The molecule has 6 rings (SSSR count). The first-order valence-corrected chi connectivity index (χ1v) is 14.9. The van der Waals surface area contributed by atoms with Crippen LogP contribution in [0.1, 0.15) is 28.8 Å². The minimum absolute atomic E-state index is 0.0458. The van der Waals surface area contributed by atoms with Crippen LogP contribution >= 0.6 is 0 Å². The zero-order valence-corrected chi connectivity index (χ0v) is 24.7. The number of likely N-dealkylation sites (N-methyl/N-ethyl adjacent to an activating group) is 1. The molecule has 0 saturated carbocycles. The number of aromatic amines is 1. The summed E-state index contributed by atoms with van der Waals surface area (Å²) in [6.07, 6.45) is 3.90. The number of ether oxygens (including phenoxy) is 1. The quantitative estimate of drug-likeness (QED) is 0.165. The lowest BCUT2D eigenvalue weighted by molar-refractivity contribution is -0.117. The van der Waals surface area contributed by atoms with Crippen molar-refractivity contribution in [2.45, 2.75) is 25.4 Å². The molecule has 0 spiro atoms. The molecule has 1 saturated heterocycles. The Kier molecular flexibility index (Phi) is 8.72. The molecule has 0 aliphatic carbocycles. The van der Waals surface area contributed by atoms with Crippen LogP contribution in [0.5, 0.6) is 11.5 Å². The Bertz CT molecular complexity index is 1720. The number of carbonyl (C=O) groups excluding carboxylic acids is 1. The van der Waals surface area contributed by atoms with Crippen molar-refractivity contribution in [2.75, 3.05) is 32.0 Å². The highest BCUT2D eigenvalue weighted by Crippen LogP contribution is 2.28. The number of benzene rings is 4. The Morgan fingerprint density at radius 1 is 0.886 bits per heavy atom. The number of hydrogen-bond acceptors (Lipinski definition) is 5. The van der Waals surface area contributed by atoms with Gasteiger partial charge in [-0.15, -0.1) is 0 Å². The molecule has 0 radical (unpaired) electrons. The van der Waals surface area contributed by atoms with Gasteiger partial charge in [0, 0.05) is 30.0 Å². The van der Waals surface area contributed by atoms with Crippen LogP contribution in [0.3, 0.4) is 0 Å². The molecule has 0 bridgehead atoms. The monoisotopic (exact) mass is 588 g/mol. The van der Waals surface area contributed by atoms with Crippen LogP contribution in [0, 0.1) is 0 Å². The van der Waals surface area contributed by atoms with E-state index in [2.05, 4.69) is 56.5 Å². The summed E-state index contributed by atoms with van der Waals surface area (Å²) < 4.78 is 6.04. The van der Waals surface area contributed by atoms with E-state index in [4.69, 9.17) is 9.84 Å². The molecular weight excluding hydrogens is 552 g/mol. The molecule has 2 heterocycles. The van der Waals surface area contributed by atoms with Crippen LogP contribution in [-0.4, -0.2) is 64.5 Å². The normalized spacial score (nSPS) is 14.1. The second kappa shape index (κ2) is 13.2. The van der Waals surface area contributed by atoms with E-state index in [0.717, 1.165) is 66.1 Å². The maximum Gasteiger partial charge on any atom is 0.335 e. The van der Waals surface area contributed by atoms with Gasteiger partial charge >= 0.3 is 5.97 Å². The maximum absolute atomic E-state index is 12.8. The van der Waals surface area contributed by atoms with Gasteiger partial charge in [-0.05, 0) is 122 Å². The highest BCUT2D eigenvalue weighted by Gasteiger charge is 2.24. The molecule has 0 unspecified atom stereocenters. The summed E-state index contributed by atoms with van der Waals surface area (Å²) >= 11 is 0. The van der Waals surface area contributed by atoms with Gasteiger partial charge in [0.1, 0.15) is 11.5 Å². The Morgan fingerprint density at radius 2 is 1.55 bits per heavy atom. The highest BCUT2D eigenvalue weighted by molar-refractivity contribution is 5.92. The summed E-state index contributed by atoms with van der Waals surface area (Å²) in [7, 11) is 2.01. The summed E-state index contributed by atoms with van der Waals surface area (Å²) in [6.45, 7) is 2.99. The topological polar surface area (TPSA) is 97.9 Å². The summed E-state index contributed by atoms with van der Waals surface area (Å²) in [6, 6.07) is 31.3. The Labute approximate surface area is 256 Å². The number of carboxylic acids is 1. The molecule has 224 valence electrons. The van der Waals surface area contributed by atoms with Crippen molar-refractivity contribution in [3.05, 3.63) is 114 Å². The number of anilines is 1. The molecule has 1 amide bonds. The van der Waals surface area contributed by atoms with Gasteiger partial charge in [0.15, 0.2) is 0 Å². The smallest absolute Gasteiger partial charge is 0.335 e. The zero-order valence-electron chi connectivity index (χ0n) is 24.7. The predicted octanol–water partition coefficient (Wildman–Crippen LogP) is 6.86. The van der Waals surface area contributed by atoms with E-state index in [9.17, 15) is 9.59 Å². The Morgan fingerprint density at radius 3 is 2.23 bits per heavy atom. The lowest BCUT2D eigenvalue weighted by atomic mass is 10.0. The molecule has 4 aromatic carbocycles. The molecule has 1 aliphatic rings. The number of carbonyl (C=O) groups is 2. The van der Waals surface area contributed by atoms with E-state index in [0.29, 0.717) is 23.9 Å². The first-order valence-electron chi connectivity index (χ1n) is 14.9. The average molecular weight is 589 g/mol. The number of H-pyrrole nitrogens is 1. The fourth-order valence-corrected chi connectivity index (χ4v) is 5.78. The molecular formula is C36H36N4O4. The van der Waals surface area contributed by atoms with E-state index in [-0.39, 0.29) is 5.91 Å². The average Bonchev–Trinajstić information content (AvgIpc) is 3.51. The first kappa shape index (κ1) is 29.2. The van der Waals surface area contributed by atoms with Crippen LogP contribution < -0.4 is 10.1 Å². The third kappa shape index (κ3) is 7.16. The highest BCUT2D eigenvalue weighted by atomic mass is 16.5. The fraction of sp³-hybridized carbons (Fsp3) is 0.222. The molecule has 8 nitrogen and oxygen atoms in total. The molecule has 8 heteroatoms.